The molecule has 1 saturated carbocycles. The molecule has 1 aliphatic rings. The van der Waals surface area contributed by atoms with Gasteiger partial charge in [-0.25, -0.2) is 0 Å². The van der Waals surface area contributed by atoms with Crippen molar-refractivity contribution in [3.8, 4) is 0 Å². The van der Waals surface area contributed by atoms with Crippen LogP contribution in [0.5, 0.6) is 0 Å². The topological polar surface area (TPSA) is 33.4 Å². The SMILES string of the molecule is OC(c1cc2cccc(Br)c2o1)C1CCCCC1. The summed E-state index contributed by atoms with van der Waals surface area (Å²) >= 11 is 3.48. The van der Waals surface area contributed by atoms with E-state index in [1.165, 1.54) is 19.3 Å². The molecule has 0 aliphatic heterocycles. The number of para-hydroxylation sites is 1. The molecule has 1 aromatic carbocycles. The summed E-state index contributed by atoms with van der Waals surface area (Å²) < 4.78 is 6.76. The Kier molecular flexibility index (Phi) is 3.44. The number of halogens is 1. The summed E-state index contributed by atoms with van der Waals surface area (Å²) in [6.07, 6.45) is 5.52. The molecule has 1 N–H and O–H groups in total. The van der Waals surface area contributed by atoms with E-state index < -0.39 is 6.10 Å². The van der Waals surface area contributed by atoms with Crippen LogP contribution < -0.4 is 0 Å². The maximum atomic E-state index is 10.4. The predicted molar refractivity (Wildman–Crippen MR) is 75.4 cm³/mol. The third-order valence-corrected chi connectivity index (χ3v) is 4.53. The van der Waals surface area contributed by atoms with Crippen molar-refractivity contribution in [2.24, 2.45) is 5.92 Å². The highest BCUT2D eigenvalue weighted by Gasteiger charge is 2.25. The average molecular weight is 309 g/mol. The minimum absolute atomic E-state index is 0.359. The fourth-order valence-electron chi connectivity index (χ4n) is 2.88. The molecule has 3 rings (SSSR count). The van der Waals surface area contributed by atoms with Gasteiger partial charge in [0.2, 0.25) is 0 Å². The van der Waals surface area contributed by atoms with Gasteiger partial charge >= 0.3 is 0 Å². The zero-order valence-corrected chi connectivity index (χ0v) is 11.8. The minimum Gasteiger partial charge on any atom is -0.457 e. The summed E-state index contributed by atoms with van der Waals surface area (Å²) in [6, 6.07) is 7.93. The lowest BCUT2D eigenvalue weighted by Crippen LogP contribution is -2.15. The van der Waals surface area contributed by atoms with E-state index in [0.29, 0.717) is 11.7 Å². The normalized spacial score (nSPS) is 19.2. The molecule has 1 fully saturated rings. The Hall–Kier alpha value is -0.800. The first-order valence-electron chi connectivity index (χ1n) is 6.62. The molecule has 0 amide bonds. The lowest BCUT2D eigenvalue weighted by Gasteiger charge is -2.25. The summed E-state index contributed by atoms with van der Waals surface area (Å²) in [4.78, 5) is 0. The fourth-order valence-corrected chi connectivity index (χ4v) is 3.34. The van der Waals surface area contributed by atoms with E-state index in [1.54, 1.807) is 0 Å². The number of fused-ring (bicyclic) bond motifs is 1. The molecule has 96 valence electrons. The minimum atomic E-state index is -0.454. The molecule has 1 heterocycles. The maximum absolute atomic E-state index is 10.4. The van der Waals surface area contributed by atoms with E-state index in [9.17, 15) is 5.11 Å². The van der Waals surface area contributed by atoms with E-state index >= 15 is 0 Å². The number of rotatable bonds is 2. The second kappa shape index (κ2) is 5.06. The van der Waals surface area contributed by atoms with Gasteiger partial charge in [0, 0.05) is 5.39 Å². The average Bonchev–Trinajstić information content (AvgIpc) is 2.84. The van der Waals surface area contributed by atoms with Crippen molar-refractivity contribution < 1.29 is 9.52 Å². The Morgan fingerprint density at radius 2 is 2.00 bits per heavy atom. The zero-order valence-electron chi connectivity index (χ0n) is 10.2. The largest absolute Gasteiger partial charge is 0.457 e. The Labute approximate surface area is 115 Å². The molecule has 0 spiro atoms. The third-order valence-electron chi connectivity index (χ3n) is 3.90. The van der Waals surface area contributed by atoms with Crippen LogP contribution in [-0.2, 0) is 0 Å². The van der Waals surface area contributed by atoms with Gasteiger partial charge in [0.1, 0.15) is 17.4 Å². The first kappa shape index (κ1) is 12.2. The fraction of sp³-hybridized carbons (Fsp3) is 0.467. The monoisotopic (exact) mass is 308 g/mol. The van der Waals surface area contributed by atoms with Crippen LogP contribution in [-0.4, -0.2) is 5.11 Å². The van der Waals surface area contributed by atoms with Crippen LogP contribution in [0.4, 0.5) is 0 Å². The quantitative estimate of drug-likeness (QED) is 0.863. The predicted octanol–water partition coefficient (Wildman–Crippen LogP) is 4.81. The first-order valence-corrected chi connectivity index (χ1v) is 7.41. The van der Waals surface area contributed by atoms with Crippen LogP contribution in [0, 0.1) is 5.92 Å². The van der Waals surface area contributed by atoms with E-state index in [4.69, 9.17) is 4.42 Å². The molecule has 0 saturated heterocycles. The van der Waals surface area contributed by atoms with E-state index in [1.807, 2.05) is 24.3 Å². The molecule has 0 radical (unpaired) electrons. The van der Waals surface area contributed by atoms with Crippen molar-refractivity contribution in [3.63, 3.8) is 0 Å². The zero-order chi connectivity index (χ0) is 12.5. The standard InChI is InChI=1S/C15H17BrO2/c16-12-8-4-7-11-9-13(18-15(11)12)14(17)10-5-2-1-3-6-10/h4,7-10,14,17H,1-3,5-6H2. The summed E-state index contributed by atoms with van der Waals surface area (Å²) in [7, 11) is 0. The molecular weight excluding hydrogens is 292 g/mol. The van der Waals surface area contributed by atoms with Gasteiger partial charge in [-0.2, -0.15) is 0 Å². The van der Waals surface area contributed by atoms with Crippen molar-refractivity contribution >= 4 is 26.9 Å². The molecule has 1 aromatic heterocycles. The second-order valence-electron chi connectivity index (χ2n) is 5.15. The summed E-state index contributed by atoms with van der Waals surface area (Å²) in [6.45, 7) is 0. The van der Waals surface area contributed by atoms with Gasteiger partial charge in [-0.05, 0) is 46.8 Å². The van der Waals surface area contributed by atoms with Gasteiger partial charge in [-0.1, -0.05) is 31.4 Å². The Balaban J connectivity index is 1.91. The molecule has 0 bridgehead atoms. The van der Waals surface area contributed by atoms with Crippen LogP contribution >= 0.6 is 15.9 Å². The van der Waals surface area contributed by atoms with Gasteiger partial charge in [0.05, 0.1) is 4.47 Å². The van der Waals surface area contributed by atoms with E-state index in [2.05, 4.69) is 15.9 Å². The van der Waals surface area contributed by atoms with Gasteiger partial charge in [0.25, 0.3) is 0 Å². The summed E-state index contributed by atoms with van der Waals surface area (Å²) in [5.74, 6) is 1.07. The number of aliphatic hydroxyl groups is 1. The smallest absolute Gasteiger partial charge is 0.148 e. The molecule has 1 atom stereocenters. The highest BCUT2D eigenvalue weighted by atomic mass is 79.9. The Bertz CT molecular complexity index is 540. The lowest BCUT2D eigenvalue weighted by atomic mass is 9.84. The van der Waals surface area contributed by atoms with E-state index in [0.717, 1.165) is 28.3 Å². The van der Waals surface area contributed by atoms with Crippen molar-refractivity contribution in [2.75, 3.05) is 0 Å². The highest BCUT2D eigenvalue weighted by molar-refractivity contribution is 9.10. The van der Waals surface area contributed by atoms with Gasteiger partial charge in [0.15, 0.2) is 0 Å². The molecular formula is C15H17BrO2. The number of furan rings is 1. The number of benzene rings is 1. The van der Waals surface area contributed by atoms with Crippen LogP contribution in [0.1, 0.15) is 44.0 Å². The molecule has 1 aliphatic carbocycles. The second-order valence-corrected chi connectivity index (χ2v) is 6.00. The molecule has 2 nitrogen and oxygen atoms in total. The number of hydrogen-bond acceptors (Lipinski definition) is 2. The van der Waals surface area contributed by atoms with E-state index in [-0.39, 0.29) is 0 Å². The lowest BCUT2D eigenvalue weighted by molar-refractivity contribution is 0.0668. The van der Waals surface area contributed by atoms with Crippen molar-refractivity contribution in [1.82, 2.24) is 0 Å². The van der Waals surface area contributed by atoms with Crippen LogP contribution in [0.2, 0.25) is 0 Å². The maximum Gasteiger partial charge on any atom is 0.148 e. The first-order chi connectivity index (χ1) is 8.75. The number of aliphatic hydroxyl groups excluding tert-OH is 1. The Morgan fingerprint density at radius 3 is 2.72 bits per heavy atom. The van der Waals surface area contributed by atoms with Gasteiger partial charge < -0.3 is 9.52 Å². The molecule has 3 heteroatoms. The number of hydrogen-bond donors (Lipinski definition) is 1. The van der Waals surface area contributed by atoms with Crippen LogP contribution in [0.25, 0.3) is 11.0 Å². The highest BCUT2D eigenvalue weighted by Crippen LogP contribution is 2.37. The summed E-state index contributed by atoms with van der Waals surface area (Å²) in [5.41, 5.74) is 0.836. The molecule has 18 heavy (non-hydrogen) atoms. The van der Waals surface area contributed by atoms with Gasteiger partial charge in [-0.3, -0.25) is 0 Å². The van der Waals surface area contributed by atoms with Crippen molar-refractivity contribution in [1.29, 1.82) is 0 Å². The molecule has 2 aromatic rings. The molecule has 1 unspecified atom stereocenters. The Morgan fingerprint density at radius 1 is 1.22 bits per heavy atom. The van der Waals surface area contributed by atoms with Gasteiger partial charge in [-0.15, -0.1) is 0 Å². The van der Waals surface area contributed by atoms with Crippen molar-refractivity contribution in [3.05, 3.63) is 34.5 Å². The summed E-state index contributed by atoms with van der Waals surface area (Å²) in [5, 5.41) is 11.5. The van der Waals surface area contributed by atoms with Crippen LogP contribution in [0.3, 0.4) is 0 Å². The van der Waals surface area contributed by atoms with Crippen molar-refractivity contribution in [2.45, 2.75) is 38.2 Å². The third kappa shape index (κ3) is 2.21. The van der Waals surface area contributed by atoms with Crippen LogP contribution in [0.15, 0.2) is 33.2 Å².